The molecule has 152 valence electrons. The summed E-state index contributed by atoms with van der Waals surface area (Å²) in [5.74, 6) is 2.64. The Morgan fingerprint density at radius 1 is 1.25 bits per heavy atom. The Kier molecular flexibility index (Phi) is 7.03. The van der Waals surface area contributed by atoms with Crippen molar-refractivity contribution >= 4 is 5.96 Å². The van der Waals surface area contributed by atoms with Crippen LogP contribution in [-0.4, -0.2) is 51.3 Å². The third kappa shape index (κ3) is 5.32. The highest BCUT2D eigenvalue weighted by Crippen LogP contribution is 2.15. The molecule has 0 radical (unpaired) electrons. The number of likely N-dealkylation sites (tertiary alicyclic amines) is 1. The van der Waals surface area contributed by atoms with E-state index in [9.17, 15) is 0 Å². The third-order valence-electron chi connectivity index (χ3n) is 5.51. The number of aliphatic imine (C=N–C) groups is 1. The second-order valence-electron chi connectivity index (χ2n) is 7.54. The predicted molar refractivity (Wildman–Crippen MR) is 113 cm³/mol. The molecule has 2 heterocycles. The molecule has 1 aliphatic heterocycles. The van der Waals surface area contributed by atoms with E-state index in [1.807, 2.05) is 18.5 Å². The first-order valence-corrected chi connectivity index (χ1v) is 10.2. The molecule has 1 atom stereocenters. The van der Waals surface area contributed by atoms with E-state index in [-0.39, 0.29) is 0 Å². The van der Waals surface area contributed by atoms with Crippen LogP contribution in [0.4, 0.5) is 0 Å². The fraction of sp³-hybridized carbons (Fsp3) is 0.571. The van der Waals surface area contributed by atoms with Gasteiger partial charge in [0, 0.05) is 19.6 Å². The summed E-state index contributed by atoms with van der Waals surface area (Å²) in [6.07, 6.45) is 2.52. The first kappa shape index (κ1) is 20.3. The molecular formula is C21H33N7. The molecule has 1 aromatic carbocycles. The van der Waals surface area contributed by atoms with Crippen molar-refractivity contribution in [1.82, 2.24) is 30.3 Å². The van der Waals surface area contributed by atoms with Crippen molar-refractivity contribution in [2.24, 2.45) is 12.0 Å². The maximum atomic E-state index is 4.82. The minimum absolute atomic E-state index is 0.577. The molecule has 1 aliphatic rings. The second-order valence-corrected chi connectivity index (χ2v) is 7.54. The molecule has 0 spiro atoms. The van der Waals surface area contributed by atoms with Crippen molar-refractivity contribution in [3.05, 3.63) is 47.0 Å². The van der Waals surface area contributed by atoms with Crippen molar-refractivity contribution < 1.29 is 0 Å². The van der Waals surface area contributed by atoms with Gasteiger partial charge >= 0.3 is 0 Å². The summed E-state index contributed by atoms with van der Waals surface area (Å²) in [5, 5.41) is 15.3. The number of likely N-dealkylation sites (N-methyl/N-ethyl adjacent to an activating group) is 1. The maximum Gasteiger partial charge on any atom is 0.192 e. The summed E-state index contributed by atoms with van der Waals surface area (Å²) in [7, 11) is 1.99. The Morgan fingerprint density at radius 2 is 2.11 bits per heavy atom. The van der Waals surface area contributed by atoms with Crippen molar-refractivity contribution in [3.8, 4) is 0 Å². The van der Waals surface area contributed by atoms with Crippen molar-refractivity contribution in [3.63, 3.8) is 0 Å². The lowest BCUT2D eigenvalue weighted by Crippen LogP contribution is -2.44. The van der Waals surface area contributed by atoms with Crippen LogP contribution < -0.4 is 10.6 Å². The number of benzene rings is 1. The van der Waals surface area contributed by atoms with Gasteiger partial charge in [-0.3, -0.25) is 4.90 Å². The van der Waals surface area contributed by atoms with Crippen LogP contribution in [0.2, 0.25) is 0 Å². The monoisotopic (exact) mass is 383 g/mol. The van der Waals surface area contributed by atoms with E-state index in [4.69, 9.17) is 4.99 Å². The number of rotatable bonds is 7. The Balaban J connectivity index is 1.65. The van der Waals surface area contributed by atoms with Crippen LogP contribution in [0.1, 0.15) is 42.5 Å². The summed E-state index contributed by atoms with van der Waals surface area (Å²) in [6.45, 7) is 10.8. The van der Waals surface area contributed by atoms with E-state index in [2.05, 4.69) is 63.8 Å². The Labute approximate surface area is 168 Å². The highest BCUT2D eigenvalue weighted by molar-refractivity contribution is 5.79. The average molecular weight is 384 g/mol. The van der Waals surface area contributed by atoms with Crippen molar-refractivity contribution in [2.75, 3.05) is 19.6 Å². The SMILES string of the molecule is CCN1CCCC1CNC(=NCc1cccc(C)c1)NCc1nnc(C)n1C. The van der Waals surface area contributed by atoms with Gasteiger partial charge in [0.2, 0.25) is 0 Å². The standard InChI is InChI=1S/C21H33N7/c1-5-28-11-7-10-19(28)14-23-21(22-13-18-9-6-8-16(2)12-18)24-15-20-26-25-17(3)27(20)4/h6,8-9,12,19H,5,7,10-11,13-15H2,1-4H3,(H2,22,23,24). The van der Waals surface area contributed by atoms with Gasteiger partial charge in [0.1, 0.15) is 5.82 Å². The topological polar surface area (TPSA) is 70.4 Å². The van der Waals surface area contributed by atoms with E-state index in [1.54, 1.807) is 0 Å². The van der Waals surface area contributed by atoms with Crippen LogP contribution in [0.15, 0.2) is 29.3 Å². The Bertz CT molecular complexity index is 796. The molecule has 3 rings (SSSR count). The van der Waals surface area contributed by atoms with Crippen LogP contribution in [0.25, 0.3) is 0 Å². The van der Waals surface area contributed by atoms with Crippen LogP contribution in [0, 0.1) is 13.8 Å². The smallest absolute Gasteiger partial charge is 0.192 e. The predicted octanol–water partition coefficient (Wildman–Crippen LogP) is 2.15. The molecule has 0 saturated carbocycles. The van der Waals surface area contributed by atoms with Gasteiger partial charge < -0.3 is 15.2 Å². The fourth-order valence-electron chi connectivity index (χ4n) is 3.68. The summed E-state index contributed by atoms with van der Waals surface area (Å²) < 4.78 is 2.00. The molecular weight excluding hydrogens is 350 g/mol. The third-order valence-corrected chi connectivity index (χ3v) is 5.51. The van der Waals surface area contributed by atoms with Gasteiger partial charge in [0.05, 0.1) is 13.1 Å². The molecule has 1 saturated heterocycles. The number of nitrogens with one attached hydrogen (secondary N) is 2. The molecule has 2 aromatic rings. The molecule has 1 unspecified atom stereocenters. The van der Waals surface area contributed by atoms with Crippen molar-refractivity contribution in [2.45, 2.75) is 52.7 Å². The molecule has 7 heteroatoms. The van der Waals surface area contributed by atoms with Crippen molar-refractivity contribution in [1.29, 1.82) is 0 Å². The van der Waals surface area contributed by atoms with Crippen LogP contribution in [0.3, 0.4) is 0 Å². The average Bonchev–Trinajstić information content (AvgIpc) is 3.28. The largest absolute Gasteiger partial charge is 0.355 e. The molecule has 0 aliphatic carbocycles. The lowest BCUT2D eigenvalue weighted by molar-refractivity contribution is 0.267. The number of nitrogens with zero attached hydrogens (tertiary/aromatic N) is 5. The quantitative estimate of drug-likeness (QED) is 0.566. The minimum atomic E-state index is 0.577. The summed E-state index contributed by atoms with van der Waals surface area (Å²) in [5.41, 5.74) is 2.47. The van der Waals surface area contributed by atoms with Gasteiger partial charge in [-0.1, -0.05) is 36.8 Å². The summed E-state index contributed by atoms with van der Waals surface area (Å²) in [6, 6.07) is 9.08. The van der Waals surface area contributed by atoms with E-state index in [1.165, 1.54) is 30.5 Å². The number of hydrogen-bond acceptors (Lipinski definition) is 4. The first-order chi connectivity index (χ1) is 13.6. The van der Waals surface area contributed by atoms with Gasteiger partial charge in [-0.25, -0.2) is 4.99 Å². The van der Waals surface area contributed by atoms with E-state index >= 15 is 0 Å². The van der Waals surface area contributed by atoms with E-state index in [0.29, 0.717) is 19.1 Å². The molecule has 1 fully saturated rings. The molecule has 0 bridgehead atoms. The van der Waals surface area contributed by atoms with Crippen LogP contribution in [-0.2, 0) is 20.1 Å². The highest BCUT2D eigenvalue weighted by atomic mass is 15.3. The Morgan fingerprint density at radius 3 is 2.82 bits per heavy atom. The number of hydrogen-bond donors (Lipinski definition) is 2. The zero-order valence-electron chi connectivity index (χ0n) is 17.6. The number of aryl methyl sites for hydroxylation is 2. The van der Waals surface area contributed by atoms with Gasteiger partial charge in [-0.2, -0.15) is 0 Å². The Hall–Kier alpha value is -2.41. The minimum Gasteiger partial charge on any atom is -0.355 e. The van der Waals surface area contributed by atoms with Crippen LogP contribution >= 0.6 is 0 Å². The molecule has 0 amide bonds. The van der Waals surface area contributed by atoms with E-state index in [0.717, 1.165) is 30.7 Å². The van der Waals surface area contributed by atoms with Crippen LogP contribution in [0.5, 0.6) is 0 Å². The van der Waals surface area contributed by atoms with Gasteiger partial charge in [0.25, 0.3) is 0 Å². The van der Waals surface area contributed by atoms with Gasteiger partial charge in [0.15, 0.2) is 11.8 Å². The molecule has 7 nitrogen and oxygen atoms in total. The number of aromatic nitrogens is 3. The van der Waals surface area contributed by atoms with Gasteiger partial charge in [-0.05, 0) is 45.3 Å². The lowest BCUT2D eigenvalue weighted by Gasteiger charge is -2.24. The van der Waals surface area contributed by atoms with E-state index < -0.39 is 0 Å². The highest BCUT2D eigenvalue weighted by Gasteiger charge is 2.22. The maximum absolute atomic E-state index is 4.82. The first-order valence-electron chi connectivity index (χ1n) is 10.2. The molecule has 28 heavy (non-hydrogen) atoms. The second kappa shape index (κ2) is 9.68. The molecule has 1 aromatic heterocycles. The fourth-order valence-corrected chi connectivity index (χ4v) is 3.68. The number of guanidine groups is 1. The lowest BCUT2D eigenvalue weighted by atomic mass is 10.1. The molecule has 2 N–H and O–H groups in total. The zero-order chi connectivity index (χ0) is 19.9. The van der Waals surface area contributed by atoms with Gasteiger partial charge in [-0.15, -0.1) is 10.2 Å². The summed E-state index contributed by atoms with van der Waals surface area (Å²) >= 11 is 0. The normalized spacial score (nSPS) is 17.9. The summed E-state index contributed by atoms with van der Waals surface area (Å²) in [4.78, 5) is 7.36. The zero-order valence-corrected chi connectivity index (χ0v) is 17.6.